The summed E-state index contributed by atoms with van der Waals surface area (Å²) in [7, 11) is 0. The zero-order chi connectivity index (χ0) is 22.1. The van der Waals surface area contributed by atoms with Gasteiger partial charge in [-0.3, -0.25) is 14.4 Å². The molecule has 0 spiro atoms. The van der Waals surface area contributed by atoms with Gasteiger partial charge < -0.3 is 15.8 Å². The van der Waals surface area contributed by atoms with Gasteiger partial charge in [0.1, 0.15) is 11.8 Å². The summed E-state index contributed by atoms with van der Waals surface area (Å²) in [6, 6.07) is 12.6. The number of hydrogen-bond acceptors (Lipinski definition) is 5. The molecule has 0 aliphatic heterocycles. The smallest absolute Gasteiger partial charge is 0.262 e. The first kappa shape index (κ1) is 22.9. The molecule has 2 rings (SSSR count). The molecule has 2 aromatic rings. The highest BCUT2D eigenvalue weighted by Crippen LogP contribution is 2.16. The lowest BCUT2D eigenvalue weighted by atomic mass is 10.0. The van der Waals surface area contributed by atoms with E-state index in [0.29, 0.717) is 16.3 Å². The Morgan fingerprint density at radius 2 is 1.80 bits per heavy atom. The number of nitrogens with two attached hydrogens (primary N) is 1. The number of carbonyl (C=O) groups is 3. The van der Waals surface area contributed by atoms with Gasteiger partial charge in [0.15, 0.2) is 6.61 Å². The first-order valence-corrected chi connectivity index (χ1v) is 9.55. The number of amides is 3. The molecule has 0 fully saturated rings. The number of para-hydroxylation sites is 1. The maximum absolute atomic E-state index is 12.6. The average Bonchev–Trinajstić information content (AvgIpc) is 2.71. The fourth-order valence-corrected chi connectivity index (χ4v) is 2.72. The highest BCUT2D eigenvalue weighted by molar-refractivity contribution is 6.33. The van der Waals surface area contributed by atoms with Crippen molar-refractivity contribution in [2.24, 2.45) is 16.8 Å². The molecule has 30 heavy (non-hydrogen) atoms. The van der Waals surface area contributed by atoms with Crippen LogP contribution in [-0.2, 0) is 9.59 Å². The molecule has 0 aromatic heterocycles. The standard InChI is InChI=1S/C21H23ClN4O4/c1-13(2)19(25-20(28)15-8-4-5-9-16(15)22)21(29)26-24-11-14-7-3-6-10-17(14)30-12-18(23)27/h3-11,13,19H,12H2,1-2H3,(H2,23,27)(H,25,28)(H,26,29)/b24-11-. The number of hydrogen-bond donors (Lipinski definition) is 3. The number of rotatable bonds is 9. The maximum Gasteiger partial charge on any atom is 0.262 e. The van der Waals surface area contributed by atoms with E-state index in [2.05, 4.69) is 15.8 Å². The molecule has 0 radical (unpaired) electrons. The Morgan fingerprint density at radius 1 is 1.13 bits per heavy atom. The van der Waals surface area contributed by atoms with Crippen LogP contribution >= 0.6 is 11.6 Å². The lowest BCUT2D eigenvalue weighted by molar-refractivity contribution is -0.124. The molecular formula is C21H23ClN4O4. The topological polar surface area (TPSA) is 123 Å². The normalized spacial score (nSPS) is 11.9. The Hall–Kier alpha value is -3.39. The predicted molar refractivity (Wildman–Crippen MR) is 114 cm³/mol. The zero-order valence-corrected chi connectivity index (χ0v) is 17.3. The molecular weight excluding hydrogens is 408 g/mol. The molecule has 0 aliphatic carbocycles. The minimum absolute atomic E-state index is 0.196. The second-order valence-electron chi connectivity index (χ2n) is 6.70. The summed E-state index contributed by atoms with van der Waals surface area (Å²) in [6.45, 7) is 3.32. The van der Waals surface area contributed by atoms with Crippen molar-refractivity contribution >= 4 is 35.5 Å². The molecule has 4 N–H and O–H groups in total. The van der Waals surface area contributed by atoms with Crippen molar-refractivity contribution in [1.29, 1.82) is 0 Å². The monoisotopic (exact) mass is 430 g/mol. The predicted octanol–water partition coefficient (Wildman–Crippen LogP) is 2.11. The molecule has 0 saturated carbocycles. The van der Waals surface area contributed by atoms with Crippen LogP contribution in [-0.4, -0.2) is 36.6 Å². The van der Waals surface area contributed by atoms with Crippen molar-refractivity contribution in [3.63, 3.8) is 0 Å². The van der Waals surface area contributed by atoms with Crippen LogP contribution in [0.15, 0.2) is 53.6 Å². The van der Waals surface area contributed by atoms with Crippen molar-refractivity contribution in [2.45, 2.75) is 19.9 Å². The van der Waals surface area contributed by atoms with E-state index in [1.165, 1.54) is 6.21 Å². The fourth-order valence-electron chi connectivity index (χ4n) is 2.50. The van der Waals surface area contributed by atoms with Gasteiger partial charge in [0, 0.05) is 5.56 Å². The Bertz CT molecular complexity index is 946. The van der Waals surface area contributed by atoms with Crippen molar-refractivity contribution in [3.05, 3.63) is 64.7 Å². The van der Waals surface area contributed by atoms with Gasteiger partial charge in [0.05, 0.1) is 16.8 Å². The maximum atomic E-state index is 12.6. The number of halogens is 1. The van der Waals surface area contributed by atoms with E-state index in [-0.39, 0.29) is 18.1 Å². The van der Waals surface area contributed by atoms with Gasteiger partial charge in [-0.25, -0.2) is 5.43 Å². The Kier molecular flexibility index (Phi) is 8.37. The van der Waals surface area contributed by atoms with Crippen LogP contribution in [0, 0.1) is 5.92 Å². The van der Waals surface area contributed by atoms with Crippen molar-refractivity contribution in [2.75, 3.05) is 6.61 Å². The molecule has 1 atom stereocenters. The molecule has 0 bridgehead atoms. The van der Waals surface area contributed by atoms with E-state index in [0.717, 1.165) is 0 Å². The van der Waals surface area contributed by atoms with Crippen LogP contribution in [0.25, 0.3) is 0 Å². The van der Waals surface area contributed by atoms with Gasteiger partial charge in [-0.15, -0.1) is 0 Å². The molecule has 0 heterocycles. The quantitative estimate of drug-likeness (QED) is 0.416. The third kappa shape index (κ3) is 6.59. The first-order chi connectivity index (χ1) is 14.3. The number of benzene rings is 2. The molecule has 1 unspecified atom stereocenters. The SMILES string of the molecule is CC(C)C(NC(=O)c1ccccc1Cl)C(=O)N/N=C\c1ccccc1OCC(N)=O. The molecule has 3 amide bonds. The van der Waals surface area contributed by atoms with E-state index >= 15 is 0 Å². The van der Waals surface area contributed by atoms with Crippen LogP contribution in [0.3, 0.4) is 0 Å². The third-order valence-electron chi connectivity index (χ3n) is 4.02. The van der Waals surface area contributed by atoms with Gasteiger partial charge >= 0.3 is 0 Å². The summed E-state index contributed by atoms with van der Waals surface area (Å²) in [5, 5.41) is 6.91. The summed E-state index contributed by atoms with van der Waals surface area (Å²) in [5.41, 5.74) is 8.32. The van der Waals surface area contributed by atoms with Gasteiger partial charge in [-0.2, -0.15) is 5.10 Å². The Morgan fingerprint density at radius 3 is 2.47 bits per heavy atom. The summed E-state index contributed by atoms with van der Waals surface area (Å²) < 4.78 is 5.31. The van der Waals surface area contributed by atoms with E-state index in [4.69, 9.17) is 22.1 Å². The Labute approximate surface area is 179 Å². The third-order valence-corrected chi connectivity index (χ3v) is 4.35. The first-order valence-electron chi connectivity index (χ1n) is 9.18. The highest BCUT2D eigenvalue weighted by Gasteiger charge is 2.25. The Balaban J connectivity index is 2.05. The zero-order valence-electron chi connectivity index (χ0n) is 16.6. The number of carbonyl (C=O) groups excluding carboxylic acids is 3. The molecule has 0 saturated heterocycles. The molecule has 158 valence electrons. The van der Waals surface area contributed by atoms with E-state index in [1.54, 1.807) is 62.4 Å². The van der Waals surface area contributed by atoms with Crippen molar-refractivity contribution in [1.82, 2.24) is 10.7 Å². The molecule has 9 heteroatoms. The number of hydrazone groups is 1. The van der Waals surface area contributed by atoms with Gasteiger partial charge in [0.2, 0.25) is 0 Å². The van der Waals surface area contributed by atoms with Crippen LogP contribution in [0.1, 0.15) is 29.8 Å². The van der Waals surface area contributed by atoms with Crippen LogP contribution in [0.4, 0.5) is 0 Å². The van der Waals surface area contributed by atoms with Crippen molar-refractivity contribution < 1.29 is 19.1 Å². The molecule has 2 aromatic carbocycles. The van der Waals surface area contributed by atoms with Crippen LogP contribution in [0.5, 0.6) is 5.75 Å². The second kappa shape index (κ2) is 11.0. The lowest BCUT2D eigenvalue weighted by Gasteiger charge is -2.20. The minimum atomic E-state index is -0.827. The number of ether oxygens (including phenoxy) is 1. The summed E-state index contributed by atoms with van der Waals surface area (Å²) in [5.74, 6) is -1.36. The number of nitrogens with zero attached hydrogens (tertiary/aromatic N) is 1. The average molecular weight is 431 g/mol. The van der Waals surface area contributed by atoms with E-state index in [1.807, 2.05) is 0 Å². The largest absolute Gasteiger partial charge is 0.483 e. The van der Waals surface area contributed by atoms with Crippen LogP contribution in [0.2, 0.25) is 5.02 Å². The molecule has 8 nitrogen and oxygen atoms in total. The number of nitrogens with one attached hydrogen (secondary N) is 2. The fraction of sp³-hybridized carbons (Fsp3) is 0.238. The van der Waals surface area contributed by atoms with Crippen molar-refractivity contribution in [3.8, 4) is 5.75 Å². The lowest BCUT2D eigenvalue weighted by Crippen LogP contribution is -2.48. The summed E-state index contributed by atoms with van der Waals surface area (Å²) >= 11 is 6.05. The molecule has 0 aliphatic rings. The van der Waals surface area contributed by atoms with Gasteiger partial charge in [-0.05, 0) is 30.2 Å². The highest BCUT2D eigenvalue weighted by atomic mass is 35.5. The second-order valence-corrected chi connectivity index (χ2v) is 7.11. The van der Waals surface area contributed by atoms with Gasteiger partial charge in [-0.1, -0.05) is 49.7 Å². The minimum Gasteiger partial charge on any atom is -0.483 e. The van der Waals surface area contributed by atoms with E-state index < -0.39 is 23.8 Å². The summed E-state index contributed by atoms with van der Waals surface area (Å²) in [6.07, 6.45) is 1.38. The summed E-state index contributed by atoms with van der Waals surface area (Å²) in [4.78, 5) is 35.9. The van der Waals surface area contributed by atoms with Gasteiger partial charge in [0.25, 0.3) is 17.7 Å². The number of primary amides is 1. The van der Waals surface area contributed by atoms with Crippen LogP contribution < -0.4 is 21.2 Å². The van der Waals surface area contributed by atoms with E-state index in [9.17, 15) is 14.4 Å².